The SMILES string of the molecule is CC(=O)O.CCCS.O.[Ca+2].[H-].[H-]. The van der Waals surface area contributed by atoms with Gasteiger partial charge in [0.2, 0.25) is 0 Å². The summed E-state index contributed by atoms with van der Waals surface area (Å²) in [5, 5.41) is 7.42. The van der Waals surface area contributed by atoms with Crippen molar-refractivity contribution in [3.63, 3.8) is 0 Å². The summed E-state index contributed by atoms with van der Waals surface area (Å²) < 4.78 is 0. The fourth-order valence-corrected chi connectivity index (χ4v) is 0. The summed E-state index contributed by atoms with van der Waals surface area (Å²) in [5.41, 5.74) is 0. The second-order valence-corrected chi connectivity index (χ2v) is 1.69. The van der Waals surface area contributed by atoms with Crippen molar-refractivity contribution in [3.05, 3.63) is 0 Å². The largest absolute Gasteiger partial charge is 2.00 e. The minimum atomic E-state index is -0.833. The summed E-state index contributed by atoms with van der Waals surface area (Å²) in [5.74, 6) is 0.181. The summed E-state index contributed by atoms with van der Waals surface area (Å²) in [6, 6.07) is 0. The molecule has 0 heterocycles. The van der Waals surface area contributed by atoms with Gasteiger partial charge in [0, 0.05) is 6.92 Å². The van der Waals surface area contributed by atoms with E-state index in [1.807, 2.05) is 0 Å². The first-order chi connectivity index (χ1) is 3.65. The molecule has 0 amide bonds. The molecule has 0 aromatic carbocycles. The molecule has 0 atom stereocenters. The second-order valence-electron chi connectivity index (χ2n) is 1.24. The number of thiol groups is 1. The molecule has 62 valence electrons. The molecule has 0 saturated carbocycles. The molecule has 0 aliphatic carbocycles. The topological polar surface area (TPSA) is 68.8 Å². The zero-order valence-electron chi connectivity index (χ0n) is 8.42. The maximum Gasteiger partial charge on any atom is 2.00 e. The Morgan fingerprint density at radius 1 is 1.70 bits per heavy atom. The molecule has 0 aliphatic heterocycles. The van der Waals surface area contributed by atoms with Crippen LogP contribution in [0.4, 0.5) is 0 Å². The Morgan fingerprint density at radius 2 is 1.80 bits per heavy atom. The van der Waals surface area contributed by atoms with Gasteiger partial charge in [-0.25, -0.2) is 0 Å². The van der Waals surface area contributed by atoms with Crippen molar-refractivity contribution in [1.29, 1.82) is 0 Å². The number of aliphatic carboxylic acids is 1. The van der Waals surface area contributed by atoms with Crippen LogP contribution in [0.2, 0.25) is 0 Å². The maximum absolute atomic E-state index is 9.00. The third-order valence-corrected chi connectivity index (χ3v) is 0.671. The molecule has 3 N–H and O–H groups in total. The van der Waals surface area contributed by atoms with Crippen molar-refractivity contribution < 1.29 is 18.2 Å². The van der Waals surface area contributed by atoms with Crippen molar-refractivity contribution in [3.8, 4) is 0 Å². The van der Waals surface area contributed by atoms with Crippen LogP contribution in [0.25, 0.3) is 0 Å². The fraction of sp³-hybridized carbons (Fsp3) is 0.800. The molecule has 0 rings (SSSR count). The predicted octanol–water partition coefficient (Wildman–Crippen LogP) is 0.437. The standard InChI is InChI=1S/C3H8S.C2H4O2.Ca.H2O.2H/c1-2-3-4;1-2(3)4;;;;/h4H,2-3H2,1H3;1H3,(H,3,4);;1H2;;/q;;+2;;2*-1. The molecule has 0 radical (unpaired) electrons. The summed E-state index contributed by atoms with van der Waals surface area (Å²) in [6.07, 6.45) is 1.18. The van der Waals surface area contributed by atoms with Gasteiger partial charge in [0.1, 0.15) is 0 Å². The Morgan fingerprint density at radius 3 is 1.80 bits per heavy atom. The number of hydrogen-bond donors (Lipinski definition) is 2. The molecule has 0 aliphatic rings. The second kappa shape index (κ2) is 22.5. The van der Waals surface area contributed by atoms with Crippen LogP contribution in [-0.2, 0) is 4.79 Å². The summed E-state index contributed by atoms with van der Waals surface area (Å²) in [7, 11) is 0. The van der Waals surface area contributed by atoms with Gasteiger partial charge in [-0.1, -0.05) is 6.92 Å². The zero-order chi connectivity index (χ0) is 6.99. The van der Waals surface area contributed by atoms with Gasteiger partial charge in [0.15, 0.2) is 0 Å². The molecular formula is C5H16CaO3S. The van der Waals surface area contributed by atoms with E-state index in [0.717, 1.165) is 12.7 Å². The number of carboxylic acids is 1. The Bertz CT molecular complexity index is 62.7. The predicted molar refractivity (Wildman–Crippen MR) is 49.0 cm³/mol. The number of rotatable bonds is 1. The Kier molecular flexibility index (Phi) is 50.5. The van der Waals surface area contributed by atoms with Crippen molar-refractivity contribution >= 4 is 56.3 Å². The van der Waals surface area contributed by atoms with E-state index < -0.39 is 5.97 Å². The molecule has 10 heavy (non-hydrogen) atoms. The summed E-state index contributed by atoms with van der Waals surface area (Å²) >= 11 is 3.92. The van der Waals surface area contributed by atoms with Gasteiger partial charge in [0.25, 0.3) is 5.97 Å². The number of carboxylic acid groups (broad SMARTS) is 1. The zero-order valence-corrected chi connectivity index (χ0v) is 9.53. The molecule has 0 aromatic rings. The Hall–Kier alpha value is 1.04. The number of carbonyl (C=O) groups is 1. The van der Waals surface area contributed by atoms with Gasteiger partial charge >= 0.3 is 37.7 Å². The summed E-state index contributed by atoms with van der Waals surface area (Å²) in [6.45, 7) is 3.19. The molecule has 0 fully saturated rings. The summed E-state index contributed by atoms with van der Waals surface area (Å²) in [4.78, 5) is 9.00. The van der Waals surface area contributed by atoms with Crippen LogP contribution in [0, 0.1) is 0 Å². The maximum atomic E-state index is 9.00. The van der Waals surface area contributed by atoms with Gasteiger partial charge in [0.05, 0.1) is 0 Å². The minimum absolute atomic E-state index is 0. The molecule has 3 nitrogen and oxygen atoms in total. The fourth-order valence-electron chi connectivity index (χ4n) is 0. The van der Waals surface area contributed by atoms with E-state index in [1.54, 1.807) is 0 Å². The molecule has 0 spiro atoms. The van der Waals surface area contributed by atoms with E-state index in [-0.39, 0.29) is 46.1 Å². The molecule has 0 unspecified atom stereocenters. The van der Waals surface area contributed by atoms with Crippen LogP contribution in [0.15, 0.2) is 0 Å². The molecule has 0 bridgehead atoms. The molecular weight excluding hydrogens is 180 g/mol. The Labute approximate surface area is 99.9 Å². The molecule has 0 aromatic heterocycles. The third kappa shape index (κ3) is 140. The molecule has 5 heteroatoms. The van der Waals surface area contributed by atoms with Gasteiger partial charge in [-0.3, -0.25) is 4.79 Å². The minimum Gasteiger partial charge on any atom is -1.00 e. The van der Waals surface area contributed by atoms with Gasteiger partial charge in [-0.15, -0.1) is 0 Å². The van der Waals surface area contributed by atoms with Crippen LogP contribution in [0.5, 0.6) is 0 Å². The van der Waals surface area contributed by atoms with E-state index >= 15 is 0 Å². The van der Waals surface area contributed by atoms with Crippen molar-refractivity contribution in [2.75, 3.05) is 5.75 Å². The van der Waals surface area contributed by atoms with Crippen LogP contribution in [-0.4, -0.2) is 60.0 Å². The van der Waals surface area contributed by atoms with Crippen LogP contribution < -0.4 is 0 Å². The number of hydrogen-bond acceptors (Lipinski definition) is 2. The third-order valence-electron chi connectivity index (χ3n) is 0.224. The van der Waals surface area contributed by atoms with E-state index in [1.165, 1.54) is 6.42 Å². The van der Waals surface area contributed by atoms with Crippen molar-refractivity contribution in [1.82, 2.24) is 0 Å². The Balaban J connectivity index is -0.0000000112. The average Bonchev–Trinajstić information content (AvgIpc) is 1.65. The monoisotopic (exact) mass is 196 g/mol. The van der Waals surface area contributed by atoms with Crippen LogP contribution >= 0.6 is 12.6 Å². The van der Waals surface area contributed by atoms with E-state index in [4.69, 9.17) is 9.90 Å². The van der Waals surface area contributed by atoms with Crippen LogP contribution in [0.3, 0.4) is 0 Å². The van der Waals surface area contributed by atoms with E-state index in [9.17, 15) is 0 Å². The first-order valence-electron chi connectivity index (χ1n) is 2.45. The smallest absolute Gasteiger partial charge is 1.00 e. The first kappa shape index (κ1) is 22.5. The van der Waals surface area contributed by atoms with E-state index in [0.29, 0.717) is 0 Å². The van der Waals surface area contributed by atoms with Crippen molar-refractivity contribution in [2.45, 2.75) is 20.3 Å². The normalized spacial score (nSPS) is 5.50. The average molecular weight is 196 g/mol. The quantitative estimate of drug-likeness (QED) is 0.472. The van der Waals surface area contributed by atoms with Crippen molar-refractivity contribution in [2.24, 2.45) is 0 Å². The first-order valence-corrected chi connectivity index (χ1v) is 3.08. The van der Waals surface area contributed by atoms with E-state index in [2.05, 4.69) is 19.6 Å². The van der Waals surface area contributed by atoms with Gasteiger partial charge < -0.3 is 13.4 Å². The van der Waals surface area contributed by atoms with Gasteiger partial charge in [-0.05, 0) is 12.2 Å². The van der Waals surface area contributed by atoms with Crippen LogP contribution in [0.1, 0.15) is 23.1 Å². The van der Waals surface area contributed by atoms with Gasteiger partial charge in [-0.2, -0.15) is 12.6 Å². The molecule has 0 saturated heterocycles.